The molecular formula is C21H21NO. The average Bonchev–Trinajstić information content (AvgIpc) is 2.57. The van der Waals surface area contributed by atoms with Gasteiger partial charge in [0.2, 0.25) is 0 Å². The first kappa shape index (κ1) is 15.3. The van der Waals surface area contributed by atoms with Crippen molar-refractivity contribution in [2.45, 2.75) is 26.3 Å². The first-order valence-corrected chi connectivity index (χ1v) is 7.95. The molecular weight excluding hydrogens is 282 g/mol. The van der Waals surface area contributed by atoms with Gasteiger partial charge in [0, 0.05) is 10.9 Å². The van der Waals surface area contributed by atoms with Crippen LogP contribution in [0.25, 0.3) is 17.0 Å². The summed E-state index contributed by atoms with van der Waals surface area (Å²) >= 11 is 0. The van der Waals surface area contributed by atoms with Gasteiger partial charge in [-0.3, -0.25) is 4.79 Å². The molecule has 0 saturated heterocycles. The van der Waals surface area contributed by atoms with Gasteiger partial charge < -0.3 is 4.57 Å². The van der Waals surface area contributed by atoms with Gasteiger partial charge in [-0.15, -0.1) is 0 Å². The molecule has 3 aromatic rings. The van der Waals surface area contributed by atoms with Crippen molar-refractivity contribution in [3.05, 3.63) is 88.2 Å². The highest BCUT2D eigenvalue weighted by Gasteiger charge is 2.16. The third-order valence-corrected chi connectivity index (χ3v) is 4.22. The average molecular weight is 303 g/mol. The van der Waals surface area contributed by atoms with Crippen LogP contribution in [0, 0.1) is 0 Å². The summed E-state index contributed by atoms with van der Waals surface area (Å²) in [6.07, 6.45) is 1.70. The van der Waals surface area contributed by atoms with Crippen molar-refractivity contribution in [2.24, 2.45) is 0 Å². The van der Waals surface area contributed by atoms with E-state index >= 15 is 0 Å². The van der Waals surface area contributed by atoms with Crippen molar-refractivity contribution in [1.29, 1.82) is 0 Å². The zero-order valence-electron chi connectivity index (χ0n) is 13.6. The van der Waals surface area contributed by atoms with E-state index in [1.165, 1.54) is 0 Å². The zero-order valence-corrected chi connectivity index (χ0v) is 13.6. The number of rotatable bonds is 4. The van der Waals surface area contributed by atoms with Crippen LogP contribution in [0.4, 0.5) is 0 Å². The lowest BCUT2D eigenvalue weighted by atomic mass is 9.93. The fraction of sp³-hybridized carbons (Fsp3) is 0.190. The number of aromatic nitrogens is 1. The molecule has 0 aliphatic heterocycles. The maximum Gasteiger partial charge on any atom is 0.258 e. The third kappa shape index (κ3) is 2.72. The summed E-state index contributed by atoms with van der Waals surface area (Å²) in [6.45, 7) is 8.69. The number of hydrogen-bond acceptors (Lipinski definition) is 1. The zero-order chi connectivity index (χ0) is 16.4. The number of para-hydroxylation sites is 1. The van der Waals surface area contributed by atoms with Crippen LogP contribution in [0.5, 0.6) is 0 Å². The number of hydrogen-bond donors (Lipinski definition) is 0. The van der Waals surface area contributed by atoms with E-state index in [2.05, 4.69) is 26.5 Å². The van der Waals surface area contributed by atoms with Crippen molar-refractivity contribution >= 4 is 17.0 Å². The molecule has 0 amide bonds. The van der Waals surface area contributed by atoms with Crippen LogP contribution in [-0.2, 0) is 6.54 Å². The summed E-state index contributed by atoms with van der Waals surface area (Å²) in [5.74, 6) is 0.270. The SMILES string of the molecule is C=Cc1c(C(C)C)c2ccccc2n(Cc2ccccc2)c1=O. The molecule has 0 atom stereocenters. The number of fused-ring (bicyclic) bond motifs is 1. The number of nitrogens with zero attached hydrogens (tertiary/aromatic N) is 1. The van der Waals surface area contributed by atoms with Crippen LogP contribution in [0.3, 0.4) is 0 Å². The lowest BCUT2D eigenvalue weighted by Crippen LogP contribution is -2.25. The lowest BCUT2D eigenvalue weighted by Gasteiger charge is -2.18. The minimum Gasteiger partial charge on any atom is -0.303 e. The Labute approximate surface area is 136 Å². The Kier molecular flexibility index (Phi) is 4.16. The standard InChI is InChI=1S/C21H21NO/c1-4-17-20(15(2)3)18-12-8-9-13-19(18)22(21(17)23)14-16-10-6-5-7-11-16/h4-13,15H,1,14H2,2-3H3. The van der Waals surface area contributed by atoms with Gasteiger partial charge in [0.1, 0.15) is 0 Å². The first-order chi connectivity index (χ1) is 11.1. The minimum absolute atomic E-state index is 0.0336. The summed E-state index contributed by atoms with van der Waals surface area (Å²) in [5, 5.41) is 1.13. The normalized spacial score (nSPS) is 11.1. The smallest absolute Gasteiger partial charge is 0.258 e. The maximum absolute atomic E-state index is 13.0. The quantitative estimate of drug-likeness (QED) is 0.677. The van der Waals surface area contributed by atoms with Gasteiger partial charge in [-0.2, -0.15) is 0 Å². The Morgan fingerprint density at radius 1 is 1.04 bits per heavy atom. The third-order valence-electron chi connectivity index (χ3n) is 4.22. The summed E-state index contributed by atoms with van der Waals surface area (Å²) in [5.41, 5.74) is 3.94. The van der Waals surface area contributed by atoms with E-state index in [-0.39, 0.29) is 11.5 Å². The Morgan fingerprint density at radius 2 is 1.70 bits per heavy atom. The molecule has 2 heteroatoms. The molecule has 0 aliphatic rings. The summed E-state index contributed by atoms with van der Waals surface area (Å²) in [4.78, 5) is 13.0. The van der Waals surface area contributed by atoms with Crippen LogP contribution in [0.1, 0.15) is 36.5 Å². The molecule has 0 radical (unpaired) electrons. The van der Waals surface area contributed by atoms with E-state index in [4.69, 9.17) is 0 Å². The fourth-order valence-corrected chi connectivity index (χ4v) is 3.19. The van der Waals surface area contributed by atoms with Crippen LogP contribution in [0.2, 0.25) is 0 Å². The second kappa shape index (κ2) is 6.25. The molecule has 116 valence electrons. The molecule has 23 heavy (non-hydrogen) atoms. The molecule has 2 aromatic carbocycles. The molecule has 0 saturated carbocycles. The van der Waals surface area contributed by atoms with E-state index in [0.29, 0.717) is 6.54 Å². The first-order valence-electron chi connectivity index (χ1n) is 7.95. The van der Waals surface area contributed by atoms with Crippen LogP contribution >= 0.6 is 0 Å². The van der Waals surface area contributed by atoms with E-state index in [9.17, 15) is 4.79 Å². The Morgan fingerprint density at radius 3 is 2.35 bits per heavy atom. The summed E-state index contributed by atoms with van der Waals surface area (Å²) in [7, 11) is 0. The highest BCUT2D eigenvalue weighted by Crippen LogP contribution is 2.28. The van der Waals surface area contributed by atoms with Crippen LogP contribution in [-0.4, -0.2) is 4.57 Å². The van der Waals surface area contributed by atoms with E-state index in [1.807, 2.05) is 53.1 Å². The number of pyridine rings is 1. The highest BCUT2D eigenvalue weighted by molar-refractivity contribution is 5.86. The van der Waals surface area contributed by atoms with E-state index < -0.39 is 0 Å². The van der Waals surface area contributed by atoms with E-state index in [1.54, 1.807) is 6.08 Å². The second-order valence-electron chi connectivity index (χ2n) is 6.08. The molecule has 1 aromatic heterocycles. The molecule has 1 heterocycles. The number of benzene rings is 2. The van der Waals surface area contributed by atoms with Crippen molar-refractivity contribution in [3.63, 3.8) is 0 Å². The van der Waals surface area contributed by atoms with Crippen molar-refractivity contribution in [3.8, 4) is 0 Å². The second-order valence-corrected chi connectivity index (χ2v) is 6.08. The summed E-state index contributed by atoms with van der Waals surface area (Å²) < 4.78 is 1.85. The highest BCUT2D eigenvalue weighted by atomic mass is 16.1. The monoisotopic (exact) mass is 303 g/mol. The molecule has 3 rings (SSSR count). The van der Waals surface area contributed by atoms with Gasteiger partial charge in [-0.05, 0) is 23.1 Å². The summed E-state index contributed by atoms with van der Waals surface area (Å²) in [6, 6.07) is 18.2. The predicted octanol–water partition coefficient (Wildman–Crippen LogP) is 4.82. The van der Waals surface area contributed by atoms with Gasteiger partial charge in [-0.1, -0.05) is 75.0 Å². The lowest BCUT2D eigenvalue weighted by molar-refractivity contribution is 0.778. The van der Waals surface area contributed by atoms with Gasteiger partial charge in [-0.25, -0.2) is 0 Å². The van der Waals surface area contributed by atoms with Crippen LogP contribution < -0.4 is 5.56 Å². The molecule has 0 unspecified atom stereocenters. The van der Waals surface area contributed by atoms with Gasteiger partial charge in [0.15, 0.2) is 0 Å². The Balaban J connectivity index is 2.34. The molecule has 0 N–H and O–H groups in total. The molecule has 2 nitrogen and oxygen atoms in total. The van der Waals surface area contributed by atoms with Gasteiger partial charge in [0.05, 0.1) is 12.1 Å². The molecule has 0 fully saturated rings. The maximum atomic E-state index is 13.0. The van der Waals surface area contributed by atoms with E-state index in [0.717, 1.165) is 27.6 Å². The van der Waals surface area contributed by atoms with Gasteiger partial charge in [0.25, 0.3) is 5.56 Å². The molecule has 0 aliphatic carbocycles. The Bertz CT molecular complexity index is 904. The largest absolute Gasteiger partial charge is 0.303 e. The molecule has 0 spiro atoms. The molecule has 0 bridgehead atoms. The van der Waals surface area contributed by atoms with Crippen molar-refractivity contribution in [1.82, 2.24) is 4.57 Å². The van der Waals surface area contributed by atoms with Crippen molar-refractivity contribution in [2.75, 3.05) is 0 Å². The topological polar surface area (TPSA) is 22.0 Å². The van der Waals surface area contributed by atoms with Gasteiger partial charge >= 0.3 is 0 Å². The van der Waals surface area contributed by atoms with Crippen LogP contribution in [0.15, 0.2) is 66.0 Å². The Hall–Kier alpha value is -2.61. The van der Waals surface area contributed by atoms with Crippen molar-refractivity contribution < 1.29 is 0 Å². The minimum atomic E-state index is 0.0336. The fourth-order valence-electron chi connectivity index (χ4n) is 3.19. The predicted molar refractivity (Wildman–Crippen MR) is 97.9 cm³/mol.